The maximum absolute atomic E-state index is 12.3. The summed E-state index contributed by atoms with van der Waals surface area (Å²) in [6, 6.07) is 17.1. The number of halogens is 2. The van der Waals surface area contributed by atoms with Gasteiger partial charge in [-0.25, -0.2) is 4.98 Å². The zero-order valence-electron chi connectivity index (χ0n) is 26.2. The molecule has 2 aromatic carbocycles. The second kappa shape index (κ2) is 19.9. The maximum Gasteiger partial charge on any atom is 0.260 e. The lowest BCUT2D eigenvalue weighted by Gasteiger charge is -2.26. The molecule has 0 saturated heterocycles. The van der Waals surface area contributed by atoms with Crippen molar-refractivity contribution < 1.29 is 19.4 Å². The first kappa shape index (κ1) is 36.2. The number of nitrogen functional groups attached to an aromatic ring is 1. The van der Waals surface area contributed by atoms with Crippen LogP contribution < -0.4 is 10.5 Å². The number of nitrogens with zero attached hydrogens (tertiary/aromatic N) is 3. The van der Waals surface area contributed by atoms with Crippen LogP contribution in [0.15, 0.2) is 60.8 Å². The van der Waals surface area contributed by atoms with Gasteiger partial charge in [-0.05, 0) is 74.5 Å². The molecule has 0 spiro atoms. The molecule has 8 nitrogen and oxygen atoms in total. The number of unbranched alkanes of at least 4 members (excludes halogenated alkanes) is 3. The fourth-order valence-corrected chi connectivity index (χ4v) is 5.27. The lowest BCUT2D eigenvalue weighted by Crippen LogP contribution is -2.34. The van der Waals surface area contributed by atoms with Crippen molar-refractivity contribution in [2.45, 2.75) is 52.2 Å². The number of rotatable bonds is 18. The van der Waals surface area contributed by atoms with E-state index >= 15 is 0 Å². The predicted molar refractivity (Wildman–Crippen MR) is 181 cm³/mol. The summed E-state index contributed by atoms with van der Waals surface area (Å²) in [4.78, 5) is 20.5. The first-order valence-corrected chi connectivity index (χ1v) is 16.2. The number of hydrogen-bond acceptors (Lipinski definition) is 7. The van der Waals surface area contributed by atoms with Gasteiger partial charge in [-0.3, -0.25) is 9.69 Å². The maximum atomic E-state index is 12.3. The highest BCUT2D eigenvalue weighted by Crippen LogP contribution is 2.31. The van der Waals surface area contributed by atoms with Crippen molar-refractivity contribution in [3.8, 4) is 17.6 Å². The van der Waals surface area contributed by atoms with Crippen LogP contribution in [0.5, 0.6) is 5.75 Å². The number of pyridine rings is 1. The minimum Gasteiger partial charge on any atom is -0.481 e. The summed E-state index contributed by atoms with van der Waals surface area (Å²) >= 11 is 12.4. The van der Waals surface area contributed by atoms with E-state index in [-0.39, 0.29) is 19.1 Å². The largest absolute Gasteiger partial charge is 0.481 e. The third-order valence-electron chi connectivity index (χ3n) is 7.30. The van der Waals surface area contributed by atoms with Crippen LogP contribution in [0.25, 0.3) is 0 Å². The summed E-state index contributed by atoms with van der Waals surface area (Å²) in [5.74, 6) is 6.40. The van der Waals surface area contributed by atoms with Crippen molar-refractivity contribution in [1.29, 1.82) is 0 Å². The van der Waals surface area contributed by atoms with Gasteiger partial charge in [-0.15, -0.1) is 0 Å². The molecule has 45 heavy (non-hydrogen) atoms. The van der Waals surface area contributed by atoms with E-state index in [9.17, 15) is 9.90 Å². The fraction of sp³-hybridized carbons (Fsp3) is 0.429. The Balaban J connectivity index is 1.39. The molecule has 0 aliphatic heterocycles. The molecule has 0 aliphatic carbocycles. The molecule has 0 radical (unpaired) electrons. The predicted octanol–water partition coefficient (Wildman–Crippen LogP) is 6.38. The van der Waals surface area contributed by atoms with Crippen molar-refractivity contribution in [2.75, 3.05) is 51.7 Å². The van der Waals surface area contributed by atoms with Crippen LogP contribution >= 0.6 is 23.2 Å². The minimum absolute atomic E-state index is 0.0462. The Morgan fingerprint density at radius 2 is 1.73 bits per heavy atom. The number of hydrogen-bond donors (Lipinski definition) is 2. The van der Waals surface area contributed by atoms with Gasteiger partial charge in [-0.2, -0.15) is 0 Å². The van der Waals surface area contributed by atoms with Crippen LogP contribution in [-0.4, -0.2) is 71.8 Å². The molecule has 1 heterocycles. The van der Waals surface area contributed by atoms with E-state index in [2.05, 4.69) is 33.9 Å². The van der Waals surface area contributed by atoms with E-state index < -0.39 is 6.10 Å². The Kier molecular flexibility index (Phi) is 16.0. The number of anilines is 1. The molecule has 242 valence electrons. The van der Waals surface area contributed by atoms with E-state index in [1.165, 1.54) is 5.56 Å². The molecule has 1 amide bonds. The Bertz CT molecular complexity index is 1370. The number of aromatic nitrogens is 1. The van der Waals surface area contributed by atoms with Crippen LogP contribution in [0.1, 0.15) is 62.5 Å². The summed E-state index contributed by atoms with van der Waals surface area (Å²) in [7, 11) is 0. The Hall–Kier alpha value is -3.32. The summed E-state index contributed by atoms with van der Waals surface area (Å²) in [6.45, 7) is 8.03. The van der Waals surface area contributed by atoms with E-state index in [4.69, 9.17) is 38.4 Å². The zero-order valence-corrected chi connectivity index (χ0v) is 27.7. The van der Waals surface area contributed by atoms with Gasteiger partial charge in [0.25, 0.3) is 5.91 Å². The normalized spacial score (nSPS) is 11.6. The number of likely N-dealkylation sites (N-methyl/N-ethyl adjacent to an activating group) is 1. The summed E-state index contributed by atoms with van der Waals surface area (Å²) in [6.07, 6.45) is 4.88. The molecule has 3 rings (SSSR count). The molecule has 0 saturated carbocycles. The molecule has 1 aromatic heterocycles. The third-order valence-corrected chi connectivity index (χ3v) is 7.92. The second-order valence-corrected chi connectivity index (χ2v) is 11.4. The Morgan fingerprint density at radius 1 is 1.02 bits per heavy atom. The summed E-state index contributed by atoms with van der Waals surface area (Å²) in [5.41, 5.74) is 8.51. The summed E-state index contributed by atoms with van der Waals surface area (Å²) < 4.78 is 11.4. The average molecular weight is 656 g/mol. The van der Waals surface area contributed by atoms with E-state index in [0.29, 0.717) is 59.0 Å². The standard InChI is InChI=1S/C35H44Cl2N4O4/c1-3-41(4-2)34(43)26-45-33-17-12-18-39-31(33)16-13-21-44-20-11-6-5-10-19-40(24-27-14-8-7-9-15-27)25-32(42)28-22-29(36)35(38)30(37)23-28/h7-9,12,14-15,17-18,22-23,32,42H,3-6,10-11,19-21,24-26,38H2,1-2H3. The van der Waals surface area contributed by atoms with Gasteiger partial charge in [0.05, 0.1) is 21.8 Å². The number of amides is 1. The van der Waals surface area contributed by atoms with Crippen molar-refractivity contribution >= 4 is 34.8 Å². The van der Waals surface area contributed by atoms with E-state index in [1.54, 1.807) is 35.4 Å². The molecule has 0 fully saturated rings. The van der Waals surface area contributed by atoms with Crippen molar-refractivity contribution in [3.63, 3.8) is 0 Å². The molecule has 3 N–H and O–H groups in total. The zero-order chi connectivity index (χ0) is 32.4. The number of carbonyl (C=O) groups is 1. The molecule has 1 unspecified atom stereocenters. The van der Waals surface area contributed by atoms with Crippen molar-refractivity contribution in [2.24, 2.45) is 0 Å². The van der Waals surface area contributed by atoms with Gasteiger partial charge in [-0.1, -0.05) is 72.3 Å². The number of carbonyl (C=O) groups excluding carboxylic acids is 1. The van der Waals surface area contributed by atoms with E-state index in [0.717, 1.165) is 38.8 Å². The molecular weight excluding hydrogens is 611 g/mol. The fourth-order valence-electron chi connectivity index (χ4n) is 4.77. The number of ether oxygens (including phenoxy) is 2. The van der Waals surface area contributed by atoms with Crippen LogP contribution in [-0.2, 0) is 16.1 Å². The topological polar surface area (TPSA) is 101 Å². The lowest BCUT2D eigenvalue weighted by molar-refractivity contribution is -0.132. The number of aliphatic hydroxyl groups excluding tert-OH is 1. The first-order chi connectivity index (χ1) is 21.8. The van der Waals surface area contributed by atoms with Crippen molar-refractivity contribution in [3.05, 3.63) is 87.7 Å². The molecule has 0 bridgehead atoms. The minimum atomic E-state index is -0.748. The van der Waals surface area contributed by atoms with E-state index in [1.807, 2.05) is 32.0 Å². The highest BCUT2D eigenvalue weighted by Gasteiger charge is 2.17. The lowest BCUT2D eigenvalue weighted by atomic mass is 10.1. The average Bonchev–Trinajstić information content (AvgIpc) is 3.04. The Morgan fingerprint density at radius 3 is 2.44 bits per heavy atom. The highest BCUT2D eigenvalue weighted by atomic mass is 35.5. The molecular formula is C35H44Cl2N4O4. The molecule has 3 aromatic rings. The van der Waals surface area contributed by atoms with Gasteiger partial charge in [0.2, 0.25) is 0 Å². The molecule has 0 aliphatic rings. The van der Waals surface area contributed by atoms with Gasteiger partial charge in [0, 0.05) is 39.0 Å². The monoisotopic (exact) mass is 654 g/mol. The molecule has 1 atom stereocenters. The quantitative estimate of drug-likeness (QED) is 0.0932. The molecule has 10 heteroatoms. The number of benzene rings is 2. The number of aliphatic hydroxyl groups is 1. The van der Waals surface area contributed by atoms with Crippen LogP contribution in [0.3, 0.4) is 0 Å². The highest BCUT2D eigenvalue weighted by molar-refractivity contribution is 6.38. The van der Waals surface area contributed by atoms with Gasteiger partial charge >= 0.3 is 0 Å². The summed E-state index contributed by atoms with van der Waals surface area (Å²) in [5, 5.41) is 11.7. The Labute approximate surface area is 277 Å². The number of nitrogens with two attached hydrogens (primary N) is 1. The van der Waals surface area contributed by atoms with Crippen LogP contribution in [0.4, 0.5) is 5.69 Å². The van der Waals surface area contributed by atoms with Gasteiger partial charge in [0.1, 0.15) is 6.61 Å². The van der Waals surface area contributed by atoms with Crippen LogP contribution in [0, 0.1) is 11.8 Å². The SMILES string of the molecule is CCN(CC)C(=O)COc1cccnc1C#CCOCCCCCCN(Cc1ccccc1)CC(O)c1cc(Cl)c(N)c(Cl)c1. The van der Waals surface area contributed by atoms with Crippen LogP contribution in [0.2, 0.25) is 10.0 Å². The van der Waals surface area contributed by atoms with Crippen molar-refractivity contribution in [1.82, 2.24) is 14.8 Å². The van der Waals surface area contributed by atoms with Gasteiger partial charge in [0.15, 0.2) is 18.1 Å². The third kappa shape index (κ3) is 12.5. The smallest absolute Gasteiger partial charge is 0.260 e. The second-order valence-electron chi connectivity index (χ2n) is 10.6. The first-order valence-electron chi connectivity index (χ1n) is 15.4. The van der Waals surface area contributed by atoms with Gasteiger partial charge < -0.3 is 25.2 Å².